The van der Waals surface area contributed by atoms with E-state index in [0.717, 1.165) is 12.1 Å². The Morgan fingerprint density at radius 1 is 1.18 bits per heavy atom. The van der Waals surface area contributed by atoms with Crippen molar-refractivity contribution in [2.45, 2.75) is 12.2 Å². The number of hydrogen-bond donors (Lipinski definition) is 1. The number of benzene rings is 1. The first-order chi connectivity index (χ1) is 9.43. The van der Waals surface area contributed by atoms with E-state index in [1.165, 1.54) is 6.07 Å². The molecule has 1 fully saturated rings. The molecule has 1 atom stereocenters. The number of rotatable bonds is 3. The van der Waals surface area contributed by atoms with Crippen molar-refractivity contribution in [1.29, 1.82) is 0 Å². The molecule has 1 aromatic carbocycles. The molecule has 0 spiro atoms. The molecular formula is C13H17BrCl2F4N2. The van der Waals surface area contributed by atoms with Gasteiger partial charge < -0.3 is 5.32 Å². The van der Waals surface area contributed by atoms with Crippen LogP contribution in [0.4, 0.5) is 17.6 Å². The second-order valence-electron chi connectivity index (χ2n) is 4.69. The van der Waals surface area contributed by atoms with E-state index in [4.69, 9.17) is 0 Å². The molecule has 2 rings (SSSR count). The predicted octanol–water partition coefficient (Wildman–Crippen LogP) is 4.23. The molecule has 22 heavy (non-hydrogen) atoms. The van der Waals surface area contributed by atoms with Crippen LogP contribution < -0.4 is 5.32 Å². The monoisotopic (exact) mass is 426 g/mol. The summed E-state index contributed by atoms with van der Waals surface area (Å²) in [7, 11) is 0. The summed E-state index contributed by atoms with van der Waals surface area (Å²) in [5.74, 6) is 0. The maximum absolute atomic E-state index is 13.4. The van der Waals surface area contributed by atoms with Crippen LogP contribution >= 0.6 is 40.7 Å². The lowest BCUT2D eigenvalue weighted by Crippen LogP contribution is -2.45. The van der Waals surface area contributed by atoms with Crippen LogP contribution in [0, 0.1) is 0 Å². The summed E-state index contributed by atoms with van der Waals surface area (Å²) in [5, 5.41) is 3.14. The average Bonchev–Trinajstić information content (AvgIpc) is 2.41. The van der Waals surface area contributed by atoms with Gasteiger partial charge in [-0.25, -0.2) is 4.39 Å². The fourth-order valence-electron chi connectivity index (χ4n) is 2.35. The SMILES string of the molecule is Cl.Cl.FC[C@@H](c1cc(C(F)(F)F)ccc1Br)N1CCNCC1. The molecule has 128 valence electrons. The Morgan fingerprint density at radius 2 is 1.77 bits per heavy atom. The van der Waals surface area contributed by atoms with Gasteiger partial charge in [0.2, 0.25) is 0 Å². The largest absolute Gasteiger partial charge is 0.416 e. The van der Waals surface area contributed by atoms with Gasteiger partial charge >= 0.3 is 6.18 Å². The first kappa shape index (κ1) is 21.9. The van der Waals surface area contributed by atoms with E-state index >= 15 is 0 Å². The highest BCUT2D eigenvalue weighted by molar-refractivity contribution is 9.10. The Kier molecular flexibility index (Phi) is 9.24. The van der Waals surface area contributed by atoms with Gasteiger partial charge in [0, 0.05) is 30.7 Å². The van der Waals surface area contributed by atoms with Gasteiger partial charge in [-0.3, -0.25) is 4.90 Å². The average molecular weight is 428 g/mol. The van der Waals surface area contributed by atoms with Crippen LogP contribution in [0.25, 0.3) is 0 Å². The van der Waals surface area contributed by atoms with Crippen molar-refractivity contribution >= 4 is 40.7 Å². The van der Waals surface area contributed by atoms with Gasteiger partial charge in [-0.15, -0.1) is 24.8 Å². The molecule has 0 bridgehead atoms. The zero-order valence-corrected chi connectivity index (χ0v) is 14.7. The predicted molar refractivity (Wildman–Crippen MR) is 86.8 cm³/mol. The summed E-state index contributed by atoms with van der Waals surface area (Å²) >= 11 is 3.23. The third kappa shape index (κ3) is 5.23. The quantitative estimate of drug-likeness (QED) is 0.726. The molecule has 1 N–H and O–H groups in total. The van der Waals surface area contributed by atoms with Gasteiger partial charge in [0.05, 0.1) is 11.6 Å². The van der Waals surface area contributed by atoms with Crippen molar-refractivity contribution in [2.75, 3.05) is 32.9 Å². The number of nitrogens with zero attached hydrogens (tertiary/aromatic N) is 1. The minimum absolute atomic E-state index is 0. The molecule has 0 aliphatic carbocycles. The molecule has 1 aromatic rings. The van der Waals surface area contributed by atoms with Gasteiger partial charge in [-0.05, 0) is 23.8 Å². The van der Waals surface area contributed by atoms with Crippen LogP contribution in [0.2, 0.25) is 0 Å². The number of nitrogens with one attached hydrogen (secondary N) is 1. The molecule has 1 aliphatic heterocycles. The lowest BCUT2D eigenvalue weighted by molar-refractivity contribution is -0.137. The summed E-state index contributed by atoms with van der Waals surface area (Å²) in [4.78, 5) is 1.87. The van der Waals surface area contributed by atoms with Crippen molar-refractivity contribution < 1.29 is 17.6 Å². The van der Waals surface area contributed by atoms with E-state index in [1.807, 2.05) is 4.90 Å². The van der Waals surface area contributed by atoms with E-state index in [9.17, 15) is 17.6 Å². The van der Waals surface area contributed by atoms with Gasteiger partial charge in [-0.2, -0.15) is 13.2 Å². The Bertz CT molecular complexity index is 468. The third-order valence-electron chi connectivity index (χ3n) is 3.42. The van der Waals surface area contributed by atoms with Crippen molar-refractivity contribution in [1.82, 2.24) is 10.2 Å². The summed E-state index contributed by atoms with van der Waals surface area (Å²) in [6.45, 7) is 1.97. The zero-order chi connectivity index (χ0) is 14.8. The Balaban J connectivity index is 0.00000220. The molecule has 0 unspecified atom stereocenters. The normalized spacial score (nSPS) is 17.3. The molecule has 0 saturated carbocycles. The third-order valence-corrected chi connectivity index (χ3v) is 4.14. The molecule has 0 radical (unpaired) electrons. The Morgan fingerprint density at radius 3 is 2.27 bits per heavy atom. The van der Waals surface area contributed by atoms with E-state index < -0.39 is 24.5 Å². The lowest BCUT2D eigenvalue weighted by atomic mass is 10.0. The maximum atomic E-state index is 13.4. The van der Waals surface area contributed by atoms with Gasteiger partial charge in [0.15, 0.2) is 0 Å². The van der Waals surface area contributed by atoms with Crippen LogP contribution in [-0.2, 0) is 6.18 Å². The van der Waals surface area contributed by atoms with Gasteiger partial charge in [0.1, 0.15) is 6.67 Å². The molecule has 0 amide bonds. The Hall–Kier alpha value is -0.0800. The zero-order valence-electron chi connectivity index (χ0n) is 11.5. The van der Waals surface area contributed by atoms with Crippen molar-refractivity contribution in [3.63, 3.8) is 0 Å². The molecule has 0 aromatic heterocycles. The van der Waals surface area contributed by atoms with Crippen LogP contribution in [0.5, 0.6) is 0 Å². The highest BCUT2D eigenvalue weighted by Gasteiger charge is 2.32. The van der Waals surface area contributed by atoms with Gasteiger partial charge in [0.25, 0.3) is 0 Å². The standard InChI is InChI=1S/C13H15BrF4N2.2ClH/c14-11-2-1-9(13(16,17)18)7-10(11)12(8-15)20-5-3-19-4-6-20;;/h1-2,7,12,19H,3-6,8H2;2*1H/t12-;;/m0../s1. The smallest absolute Gasteiger partial charge is 0.314 e. The van der Waals surface area contributed by atoms with Crippen LogP contribution in [0.3, 0.4) is 0 Å². The van der Waals surface area contributed by atoms with E-state index in [2.05, 4.69) is 21.2 Å². The first-order valence-electron chi connectivity index (χ1n) is 6.31. The second kappa shape index (κ2) is 9.27. The summed E-state index contributed by atoms with van der Waals surface area (Å²) < 4.78 is 52.2. The van der Waals surface area contributed by atoms with E-state index in [1.54, 1.807) is 0 Å². The minimum Gasteiger partial charge on any atom is -0.314 e. The minimum atomic E-state index is -4.42. The molecule has 1 saturated heterocycles. The van der Waals surface area contributed by atoms with Crippen molar-refractivity contribution in [2.24, 2.45) is 0 Å². The molecule has 1 aliphatic rings. The van der Waals surface area contributed by atoms with Crippen molar-refractivity contribution in [3.8, 4) is 0 Å². The fourth-order valence-corrected chi connectivity index (χ4v) is 2.86. The summed E-state index contributed by atoms with van der Waals surface area (Å²) in [5.41, 5.74) is -0.395. The summed E-state index contributed by atoms with van der Waals surface area (Å²) in [6.07, 6.45) is -4.42. The summed E-state index contributed by atoms with van der Waals surface area (Å²) in [6, 6.07) is 2.73. The van der Waals surface area contributed by atoms with Crippen LogP contribution in [-0.4, -0.2) is 37.8 Å². The second-order valence-corrected chi connectivity index (χ2v) is 5.54. The van der Waals surface area contributed by atoms with Crippen LogP contribution in [0.1, 0.15) is 17.2 Å². The topological polar surface area (TPSA) is 15.3 Å². The first-order valence-corrected chi connectivity index (χ1v) is 7.10. The Labute approximate surface area is 147 Å². The number of hydrogen-bond acceptors (Lipinski definition) is 2. The highest BCUT2D eigenvalue weighted by atomic mass is 79.9. The molecule has 1 heterocycles. The molecule has 2 nitrogen and oxygen atoms in total. The number of alkyl halides is 4. The van der Waals surface area contributed by atoms with Crippen molar-refractivity contribution in [3.05, 3.63) is 33.8 Å². The van der Waals surface area contributed by atoms with E-state index in [0.29, 0.717) is 36.2 Å². The number of halogens is 7. The fraction of sp³-hybridized carbons (Fsp3) is 0.538. The number of piperazine rings is 1. The van der Waals surface area contributed by atoms with Crippen LogP contribution in [0.15, 0.2) is 22.7 Å². The molecule has 9 heteroatoms. The maximum Gasteiger partial charge on any atom is 0.416 e. The van der Waals surface area contributed by atoms with Gasteiger partial charge in [-0.1, -0.05) is 15.9 Å². The highest BCUT2D eigenvalue weighted by Crippen LogP contribution is 2.35. The molecular weight excluding hydrogens is 411 g/mol. The lowest BCUT2D eigenvalue weighted by Gasteiger charge is -2.34. The van der Waals surface area contributed by atoms with E-state index in [-0.39, 0.29) is 24.8 Å².